The molecular weight excluding hydrogens is 454 g/mol. The van der Waals surface area contributed by atoms with Crippen molar-refractivity contribution >= 4 is 29.7 Å². The highest BCUT2D eigenvalue weighted by atomic mass is 35.5. The number of benzene rings is 2. The third-order valence-corrected chi connectivity index (χ3v) is 3.95. The van der Waals surface area contributed by atoms with Crippen molar-refractivity contribution in [3.63, 3.8) is 0 Å². The summed E-state index contributed by atoms with van der Waals surface area (Å²) in [6, 6.07) is 9.23. The Hall–Kier alpha value is -3.51. The number of hydrazone groups is 1. The summed E-state index contributed by atoms with van der Waals surface area (Å²) in [5.41, 5.74) is 5.88. The van der Waals surface area contributed by atoms with Crippen LogP contribution in [0.3, 0.4) is 0 Å². The van der Waals surface area contributed by atoms with E-state index in [-0.39, 0.29) is 34.1 Å². The molecule has 0 amide bonds. The zero-order valence-electron chi connectivity index (χ0n) is 16.7. The number of nitrogens with one attached hydrogen (secondary N) is 2. The summed E-state index contributed by atoms with van der Waals surface area (Å²) in [6.45, 7) is 0. The third kappa shape index (κ3) is 6.49. The number of nitrogens with zero attached hydrogens (tertiary/aromatic N) is 5. The van der Waals surface area contributed by atoms with Gasteiger partial charge in [0.2, 0.25) is 11.9 Å². The molecule has 0 aliphatic rings. The van der Waals surface area contributed by atoms with Crippen LogP contribution in [0.25, 0.3) is 11.4 Å². The molecule has 2 aromatic carbocycles. The highest BCUT2D eigenvalue weighted by Gasteiger charge is 2.30. The van der Waals surface area contributed by atoms with Crippen molar-refractivity contribution in [2.45, 2.75) is 6.36 Å². The molecule has 0 atom stereocenters. The van der Waals surface area contributed by atoms with E-state index < -0.39 is 12.2 Å². The standard InChI is InChI=1S/C19H16ClF4N7O/c1-31(2)30-18-27-16(15-13(20)4-3-5-14(15)21)26-17(28-18)29-25-10-11-6-8-12(9-7-11)32-19(22,23)24/h3-10H,1-2H3,(H2,26,27,28,29,30)/b25-10-. The van der Waals surface area contributed by atoms with Crippen LogP contribution in [0, 0.1) is 5.82 Å². The Labute approximate surface area is 184 Å². The molecule has 3 aromatic rings. The van der Waals surface area contributed by atoms with Gasteiger partial charge in [-0.25, -0.2) is 14.8 Å². The van der Waals surface area contributed by atoms with Crippen molar-refractivity contribution in [2.75, 3.05) is 24.9 Å². The van der Waals surface area contributed by atoms with Gasteiger partial charge < -0.3 is 4.74 Å². The Morgan fingerprint density at radius 3 is 2.34 bits per heavy atom. The van der Waals surface area contributed by atoms with E-state index in [1.165, 1.54) is 36.5 Å². The highest BCUT2D eigenvalue weighted by Crippen LogP contribution is 2.29. The van der Waals surface area contributed by atoms with E-state index in [0.717, 1.165) is 12.1 Å². The fourth-order valence-corrected chi connectivity index (χ4v) is 2.67. The Bertz CT molecular complexity index is 1090. The van der Waals surface area contributed by atoms with Gasteiger partial charge in [-0.15, -0.1) is 13.2 Å². The summed E-state index contributed by atoms with van der Waals surface area (Å²) in [6.07, 6.45) is -3.44. The Balaban J connectivity index is 1.82. The van der Waals surface area contributed by atoms with Crippen molar-refractivity contribution in [3.05, 3.63) is 58.9 Å². The fourth-order valence-electron chi connectivity index (χ4n) is 2.42. The van der Waals surface area contributed by atoms with Crippen LogP contribution in [0.4, 0.5) is 29.5 Å². The molecule has 1 aromatic heterocycles. The second-order valence-electron chi connectivity index (χ2n) is 6.40. The third-order valence-electron chi connectivity index (χ3n) is 3.64. The molecule has 0 aliphatic heterocycles. The lowest BCUT2D eigenvalue weighted by Gasteiger charge is -2.13. The number of halogens is 5. The van der Waals surface area contributed by atoms with E-state index in [2.05, 4.69) is 35.6 Å². The maximum Gasteiger partial charge on any atom is 0.573 e. The van der Waals surface area contributed by atoms with Gasteiger partial charge in [-0.05, 0) is 42.0 Å². The van der Waals surface area contributed by atoms with Gasteiger partial charge in [0, 0.05) is 14.1 Å². The van der Waals surface area contributed by atoms with Gasteiger partial charge >= 0.3 is 6.36 Å². The van der Waals surface area contributed by atoms with Gasteiger partial charge in [-0.1, -0.05) is 17.7 Å². The first kappa shape index (κ1) is 23.2. The molecule has 0 saturated heterocycles. The SMILES string of the molecule is CN(C)Nc1nc(N/N=C\c2ccc(OC(F)(F)F)cc2)nc(-c2c(F)cccc2Cl)n1. The molecule has 0 fully saturated rings. The van der Waals surface area contributed by atoms with Crippen LogP contribution >= 0.6 is 11.6 Å². The number of rotatable bonds is 7. The van der Waals surface area contributed by atoms with Crippen LogP contribution in [-0.2, 0) is 0 Å². The Kier molecular flexibility index (Phi) is 7.05. The average Bonchev–Trinajstić information content (AvgIpc) is 2.67. The molecule has 0 aliphatic carbocycles. The summed E-state index contributed by atoms with van der Waals surface area (Å²) in [4.78, 5) is 12.5. The summed E-state index contributed by atoms with van der Waals surface area (Å²) in [7, 11) is 3.41. The second kappa shape index (κ2) is 9.75. The molecule has 2 N–H and O–H groups in total. The van der Waals surface area contributed by atoms with Crippen molar-refractivity contribution < 1.29 is 22.3 Å². The zero-order chi connectivity index (χ0) is 23.3. The molecule has 168 valence electrons. The largest absolute Gasteiger partial charge is 0.573 e. The predicted octanol–water partition coefficient (Wildman–Crippen LogP) is 4.56. The molecule has 3 rings (SSSR count). The average molecular weight is 470 g/mol. The maximum atomic E-state index is 14.3. The topological polar surface area (TPSA) is 87.6 Å². The van der Waals surface area contributed by atoms with Gasteiger partial charge in [-0.3, -0.25) is 5.43 Å². The number of hydrogen-bond donors (Lipinski definition) is 2. The molecule has 0 unspecified atom stereocenters. The lowest BCUT2D eigenvalue weighted by Crippen LogP contribution is -2.22. The van der Waals surface area contributed by atoms with Gasteiger partial charge in [0.05, 0.1) is 16.8 Å². The van der Waals surface area contributed by atoms with Gasteiger partial charge in [0.25, 0.3) is 0 Å². The number of hydrazine groups is 1. The summed E-state index contributed by atoms with van der Waals surface area (Å²) < 4.78 is 54.8. The van der Waals surface area contributed by atoms with E-state index in [4.69, 9.17) is 11.6 Å². The second-order valence-corrected chi connectivity index (χ2v) is 6.80. The minimum Gasteiger partial charge on any atom is -0.406 e. The number of ether oxygens (including phenoxy) is 1. The van der Waals surface area contributed by atoms with E-state index in [1.807, 2.05) is 0 Å². The quantitative estimate of drug-likeness (QED) is 0.298. The zero-order valence-corrected chi connectivity index (χ0v) is 17.4. The molecule has 8 nitrogen and oxygen atoms in total. The monoisotopic (exact) mass is 469 g/mol. The van der Waals surface area contributed by atoms with Crippen LogP contribution in [0.1, 0.15) is 5.56 Å². The van der Waals surface area contributed by atoms with Gasteiger partial charge in [0.1, 0.15) is 11.6 Å². The first-order valence-corrected chi connectivity index (χ1v) is 9.28. The van der Waals surface area contributed by atoms with Crippen molar-refractivity contribution in [1.29, 1.82) is 0 Å². The maximum absolute atomic E-state index is 14.3. The molecule has 13 heteroatoms. The molecule has 32 heavy (non-hydrogen) atoms. The molecule has 0 bridgehead atoms. The molecule has 0 radical (unpaired) electrons. The highest BCUT2D eigenvalue weighted by molar-refractivity contribution is 6.33. The number of anilines is 2. The Morgan fingerprint density at radius 1 is 1.03 bits per heavy atom. The van der Waals surface area contributed by atoms with Crippen LogP contribution in [-0.4, -0.2) is 46.6 Å². The minimum absolute atomic E-state index is 0.00865. The van der Waals surface area contributed by atoms with Crippen molar-refractivity contribution in [1.82, 2.24) is 20.0 Å². The fraction of sp³-hybridized carbons (Fsp3) is 0.158. The van der Waals surface area contributed by atoms with E-state index in [9.17, 15) is 17.6 Å². The van der Waals surface area contributed by atoms with Crippen LogP contribution in [0.5, 0.6) is 5.75 Å². The normalized spacial score (nSPS) is 11.8. The predicted molar refractivity (Wildman–Crippen MR) is 112 cm³/mol. The molecular formula is C19H16ClF4N7O. The minimum atomic E-state index is -4.77. The molecule has 0 spiro atoms. The molecule has 0 saturated carbocycles. The molecule has 1 heterocycles. The smallest absolute Gasteiger partial charge is 0.406 e. The lowest BCUT2D eigenvalue weighted by molar-refractivity contribution is -0.274. The number of hydrogen-bond acceptors (Lipinski definition) is 8. The summed E-state index contributed by atoms with van der Waals surface area (Å²) >= 11 is 6.11. The number of aromatic nitrogens is 3. The number of alkyl halides is 3. The van der Waals surface area contributed by atoms with E-state index in [1.54, 1.807) is 19.1 Å². The van der Waals surface area contributed by atoms with Crippen molar-refractivity contribution in [2.24, 2.45) is 5.10 Å². The van der Waals surface area contributed by atoms with Crippen LogP contribution in [0.2, 0.25) is 5.02 Å². The van der Waals surface area contributed by atoms with Crippen LogP contribution < -0.4 is 15.6 Å². The first-order valence-electron chi connectivity index (χ1n) is 8.90. The summed E-state index contributed by atoms with van der Waals surface area (Å²) in [5, 5.41) is 5.64. The van der Waals surface area contributed by atoms with Crippen LogP contribution in [0.15, 0.2) is 47.6 Å². The van der Waals surface area contributed by atoms with E-state index >= 15 is 0 Å². The van der Waals surface area contributed by atoms with Crippen molar-refractivity contribution in [3.8, 4) is 17.1 Å². The van der Waals surface area contributed by atoms with Gasteiger partial charge in [-0.2, -0.15) is 20.1 Å². The van der Waals surface area contributed by atoms with E-state index in [0.29, 0.717) is 5.56 Å². The van der Waals surface area contributed by atoms with Gasteiger partial charge in [0.15, 0.2) is 5.82 Å². The lowest BCUT2D eigenvalue weighted by atomic mass is 10.2. The summed E-state index contributed by atoms with van der Waals surface area (Å²) in [5.74, 6) is -0.919. The first-order chi connectivity index (χ1) is 15.1. The Morgan fingerprint density at radius 2 is 1.72 bits per heavy atom.